The van der Waals surface area contributed by atoms with Gasteiger partial charge < -0.3 is 0 Å². The third-order valence-electron chi connectivity index (χ3n) is 1.56. The molecule has 0 bridgehead atoms. The molecule has 0 aliphatic rings. The summed E-state index contributed by atoms with van der Waals surface area (Å²) in [5.74, 6) is 0. The highest BCUT2D eigenvalue weighted by Gasteiger charge is 2.30. The number of halogens is 1. The third kappa shape index (κ3) is 2.73. The Balaban J connectivity index is 4.77. The van der Waals surface area contributed by atoms with Gasteiger partial charge in [-0.05, 0) is 27.2 Å². The van der Waals surface area contributed by atoms with Crippen LogP contribution in [0.15, 0.2) is 11.5 Å². The lowest BCUT2D eigenvalue weighted by Gasteiger charge is -2.20. The lowest BCUT2D eigenvalue weighted by molar-refractivity contribution is 0.566. The molecule has 0 atom stereocenters. The summed E-state index contributed by atoms with van der Waals surface area (Å²) >= 11 is 2.15. The van der Waals surface area contributed by atoms with Crippen molar-refractivity contribution in [3.63, 3.8) is 0 Å². The monoisotopic (exact) mass is 302 g/mol. The average Bonchev–Trinajstić information content (AvgIpc) is 1.85. The maximum Gasteiger partial charge on any atom is 0.178 e. The van der Waals surface area contributed by atoms with E-state index in [0.29, 0.717) is 11.3 Å². The van der Waals surface area contributed by atoms with Gasteiger partial charge in [0.2, 0.25) is 0 Å². The first-order chi connectivity index (χ1) is 5.23. The van der Waals surface area contributed by atoms with Crippen molar-refractivity contribution in [2.75, 3.05) is 4.43 Å². The van der Waals surface area contributed by atoms with Gasteiger partial charge in [0.05, 0.1) is 4.75 Å². The molecule has 0 aromatic heterocycles. The van der Waals surface area contributed by atoms with Crippen molar-refractivity contribution in [1.29, 1.82) is 0 Å². The molecular formula is C8H15IO2S. The predicted octanol–water partition coefficient (Wildman–Crippen LogP) is 2.54. The highest BCUT2D eigenvalue weighted by atomic mass is 127. The highest BCUT2D eigenvalue weighted by Crippen LogP contribution is 2.24. The van der Waals surface area contributed by atoms with E-state index in [1.54, 1.807) is 20.8 Å². The van der Waals surface area contributed by atoms with Gasteiger partial charge in [0.15, 0.2) is 9.84 Å². The fourth-order valence-corrected chi connectivity index (χ4v) is 2.93. The van der Waals surface area contributed by atoms with E-state index in [9.17, 15) is 8.42 Å². The zero-order valence-corrected chi connectivity index (χ0v) is 10.7. The van der Waals surface area contributed by atoms with Crippen LogP contribution in [0.1, 0.15) is 27.2 Å². The Labute approximate surface area is 88.5 Å². The van der Waals surface area contributed by atoms with Gasteiger partial charge in [0.25, 0.3) is 0 Å². The molecular weight excluding hydrogens is 287 g/mol. The van der Waals surface area contributed by atoms with Crippen LogP contribution in [0.4, 0.5) is 0 Å². The minimum atomic E-state index is -3.14. The van der Waals surface area contributed by atoms with Gasteiger partial charge in [-0.2, -0.15) is 0 Å². The van der Waals surface area contributed by atoms with Crippen LogP contribution in [0.25, 0.3) is 0 Å². The third-order valence-corrected chi connectivity index (χ3v) is 4.68. The molecule has 12 heavy (non-hydrogen) atoms. The molecule has 0 heterocycles. The van der Waals surface area contributed by atoms with E-state index in [0.717, 1.165) is 4.43 Å². The molecule has 0 saturated carbocycles. The van der Waals surface area contributed by atoms with E-state index in [1.165, 1.54) is 0 Å². The molecule has 0 radical (unpaired) electrons. The van der Waals surface area contributed by atoms with E-state index in [2.05, 4.69) is 29.2 Å². The maximum atomic E-state index is 11.6. The molecule has 0 amide bonds. The average molecular weight is 302 g/mol. The Kier molecular flexibility index (Phi) is 4.23. The number of sulfone groups is 1. The Hall–Kier alpha value is 0.420. The highest BCUT2D eigenvalue weighted by molar-refractivity contribution is 14.1. The first kappa shape index (κ1) is 12.4. The number of rotatable bonds is 3. The molecule has 0 spiro atoms. The molecule has 0 N–H and O–H groups in total. The fourth-order valence-electron chi connectivity index (χ4n) is 0.673. The molecule has 0 aliphatic heterocycles. The smallest absolute Gasteiger partial charge is 0.178 e. The summed E-state index contributed by atoms with van der Waals surface area (Å²) in [6.07, 6.45) is 0.556. The predicted molar refractivity (Wildman–Crippen MR) is 61.3 cm³/mol. The summed E-state index contributed by atoms with van der Waals surface area (Å²) in [5.41, 5.74) is 0. The summed E-state index contributed by atoms with van der Waals surface area (Å²) in [7, 11) is -3.14. The van der Waals surface area contributed by atoms with Crippen molar-refractivity contribution in [2.45, 2.75) is 31.9 Å². The Morgan fingerprint density at radius 2 is 1.83 bits per heavy atom. The molecule has 0 fully saturated rings. The lowest BCUT2D eigenvalue weighted by Crippen LogP contribution is -2.28. The van der Waals surface area contributed by atoms with Crippen molar-refractivity contribution >= 4 is 32.4 Å². The normalized spacial score (nSPS) is 13.0. The van der Waals surface area contributed by atoms with Crippen LogP contribution in [0.3, 0.4) is 0 Å². The van der Waals surface area contributed by atoms with Gasteiger partial charge in [-0.3, -0.25) is 0 Å². The summed E-state index contributed by atoms with van der Waals surface area (Å²) in [6.45, 7) is 8.68. The van der Waals surface area contributed by atoms with E-state index in [4.69, 9.17) is 0 Å². The van der Waals surface area contributed by atoms with Crippen molar-refractivity contribution in [2.24, 2.45) is 0 Å². The Morgan fingerprint density at radius 1 is 1.42 bits per heavy atom. The fraction of sp³-hybridized carbons (Fsp3) is 0.750. The summed E-state index contributed by atoms with van der Waals surface area (Å²) in [4.78, 5) is 0.351. The Bertz CT molecular complexity index is 259. The first-order valence-electron chi connectivity index (χ1n) is 3.72. The van der Waals surface area contributed by atoms with Crippen LogP contribution in [-0.4, -0.2) is 17.6 Å². The summed E-state index contributed by atoms with van der Waals surface area (Å²) in [6, 6.07) is 0. The van der Waals surface area contributed by atoms with E-state index in [-0.39, 0.29) is 0 Å². The minimum absolute atomic E-state index is 0.351. The second-order valence-corrected chi connectivity index (χ2v) is 7.48. The maximum absolute atomic E-state index is 11.6. The van der Waals surface area contributed by atoms with Crippen molar-refractivity contribution < 1.29 is 8.42 Å². The zero-order chi connectivity index (χ0) is 9.99. The zero-order valence-electron chi connectivity index (χ0n) is 7.72. The van der Waals surface area contributed by atoms with E-state index < -0.39 is 14.6 Å². The van der Waals surface area contributed by atoms with Gasteiger partial charge >= 0.3 is 0 Å². The standard InChI is InChI=1S/C8H15IO2S/c1-7(5-6-9)12(10,11)8(2,3)4/h1,5-6H2,2-4H3. The van der Waals surface area contributed by atoms with Gasteiger partial charge in [-0.15, -0.1) is 0 Å². The molecule has 72 valence electrons. The molecule has 0 rings (SSSR count). The SMILES string of the molecule is C=C(CCI)S(=O)(=O)C(C)(C)C. The van der Waals surface area contributed by atoms with Gasteiger partial charge in [0.1, 0.15) is 0 Å². The van der Waals surface area contributed by atoms with Crippen LogP contribution in [0.5, 0.6) is 0 Å². The number of hydrogen-bond donors (Lipinski definition) is 0. The quantitative estimate of drug-likeness (QED) is 0.593. The van der Waals surface area contributed by atoms with Gasteiger partial charge in [0, 0.05) is 9.33 Å². The lowest BCUT2D eigenvalue weighted by atomic mass is 10.3. The van der Waals surface area contributed by atoms with Crippen LogP contribution in [-0.2, 0) is 9.84 Å². The molecule has 0 unspecified atom stereocenters. The largest absolute Gasteiger partial charge is 0.224 e. The van der Waals surface area contributed by atoms with Gasteiger partial charge in [-0.25, -0.2) is 8.42 Å². The molecule has 0 aromatic rings. The number of alkyl halides is 1. The molecule has 0 saturated heterocycles. The van der Waals surface area contributed by atoms with Crippen LogP contribution < -0.4 is 0 Å². The van der Waals surface area contributed by atoms with E-state index >= 15 is 0 Å². The molecule has 0 aromatic carbocycles. The first-order valence-corrected chi connectivity index (χ1v) is 6.72. The number of hydrogen-bond acceptors (Lipinski definition) is 2. The van der Waals surface area contributed by atoms with Gasteiger partial charge in [-0.1, -0.05) is 29.2 Å². The van der Waals surface area contributed by atoms with Crippen molar-refractivity contribution in [3.05, 3.63) is 11.5 Å². The summed E-state index contributed by atoms with van der Waals surface area (Å²) < 4.78 is 23.4. The topological polar surface area (TPSA) is 34.1 Å². The molecule has 2 nitrogen and oxygen atoms in total. The van der Waals surface area contributed by atoms with Crippen LogP contribution in [0.2, 0.25) is 0 Å². The van der Waals surface area contributed by atoms with Crippen LogP contribution in [0, 0.1) is 0 Å². The number of allylic oxidation sites excluding steroid dienone is 1. The van der Waals surface area contributed by atoms with Crippen molar-refractivity contribution in [3.8, 4) is 0 Å². The second kappa shape index (κ2) is 4.09. The molecule has 4 heteroatoms. The second-order valence-electron chi connectivity index (χ2n) is 3.59. The summed E-state index contributed by atoms with van der Waals surface area (Å²) in [5, 5.41) is 0. The van der Waals surface area contributed by atoms with E-state index in [1.807, 2.05) is 0 Å². The van der Waals surface area contributed by atoms with Crippen LogP contribution >= 0.6 is 22.6 Å². The molecule has 0 aliphatic carbocycles. The Morgan fingerprint density at radius 3 is 2.08 bits per heavy atom. The van der Waals surface area contributed by atoms with Crippen molar-refractivity contribution in [1.82, 2.24) is 0 Å². The minimum Gasteiger partial charge on any atom is -0.224 e.